The lowest BCUT2D eigenvalue weighted by Crippen LogP contribution is -2.30. The summed E-state index contributed by atoms with van der Waals surface area (Å²) >= 11 is 0. The van der Waals surface area contributed by atoms with Gasteiger partial charge >= 0.3 is 0 Å². The van der Waals surface area contributed by atoms with E-state index in [4.69, 9.17) is 0 Å². The van der Waals surface area contributed by atoms with Crippen molar-refractivity contribution < 1.29 is 4.79 Å². The zero-order chi connectivity index (χ0) is 14.8. The molecule has 0 radical (unpaired) electrons. The van der Waals surface area contributed by atoms with Gasteiger partial charge in [0.2, 0.25) is 0 Å². The molecule has 1 aliphatic rings. The summed E-state index contributed by atoms with van der Waals surface area (Å²) < 4.78 is 0. The highest BCUT2D eigenvalue weighted by Crippen LogP contribution is 2.34. The van der Waals surface area contributed by atoms with Gasteiger partial charge in [0.05, 0.1) is 6.04 Å². The highest BCUT2D eigenvalue weighted by atomic mass is 16.2. The van der Waals surface area contributed by atoms with Gasteiger partial charge < -0.3 is 4.90 Å². The average Bonchev–Trinajstić information content (AvgIpc) is 2.97. The van der Waals surface area contributed by atoms with Crippen molar-refractivity contribution in [2.75, 3.05) is 6.54 Å². The van der Waals surface area contributed by atoms with Crippen molar-refractivity contribution in [3.63, 3.8) is 0 Å². The van der Waals surface area contributed by atoms with Gasteiger partial charge in [0, 0.05) is 12.1 Å². The molecule has 0 spiro atoms. The number of benzene rings is 2. The molecule has 0 aromatic heterocycles. The summed E-state index contributed by atoms with van der Waals surface area (Å²) in [5.41, 5.74) is 4.53. The number of aryl methyl sites for hydroxylation is 2. The Hall–Kier alpha value is -2.09. The Bertz CT molecular complexity index is 645. The number of hydrogen-bond acceptors (Lipinski definition) is 1. The molecular formula is C19H21NO. The van der Waals surface area contributed by atoms with Crippen molar-refractivity contribution in [3.05, 3.63) is 70.8 Å². The number of nitrogens with zero attached hydrogens (tertiary/aromatic N) is 1. The average molecular weight is 279 g/mol. The van der Waals surface area contributed by atoms with Gasteiger partial charge in [-0.25, -0.2) is 0 Å². The molecule has 3 rings (SSSR count). The molecule has 2 heteroatoms. The van der Waals surface area contributed by atoms with Crippen molar-refractivity contribution in [2.24, 2.45) is 0 Å². The van der Waals surface area contributed by atoms with Crippen LogP contribution in [-0.4, -0.2) is 17.4 Å². The minimum absolute atomic E-state index is 0.153. The summed E-state index contributed by atoms with van der Waals surface area (Å²) in [6, 6.07) is 16.5. The summed E-state index contributed by atoms with van der Waals surface area (Å²) in [7, 11) is 0. The van der Waals surface area contributed by atoms with Crippen LogP contribution in [0, 0.1) is 13.8 Å². The van der Waals surface area contributed by atoms with E-state index in [1.807, 2.05) is 36.1 Å². The molecule has 0 saturated carbocycles. The van der Waals surface area contributed by atoms with Gasteiger partial charge in [-0.2, -0.15) is 0 Å². The van der Waals surface area contributed by atoms with Crippen LogP contribution < -0.4 is 0 Å². The summed E-state index contributed by atoms with van der Waals surface area (Å²) in [5, 5.41) is 0. The maximum absolute atomic E-state index is 12.8. The topological polar surface area (TPSA) is 20.3 Å². The molecule has 1 heterocycles. The highest BCUT2D eigenvalue weighted by molar-refractivity contribution is 5.94. The van der Waals surface area contributed by atoms with Crippen LogP contribution in [0.1, 0.15) is 45.9 Å². The van der Waals surface area contributed by atoms with Crippen LogP contribution >= 0.6 is 0 Å². The highest BCUT2D eigenvalue weighted by Gasteiger charge is 2.31. The third-order valence-corrected chi connectivity index (χ3v) is 4.36. The minimum Gasteiger partial charge on any atom is -0.332 e. The van der Waals surface area contributed by atoms with Crippen LogP contribution in [0.15, 0.2) is 48.5 Å². The molecule has 2 nitrogen and oxygen atoms in total. The van der Waals surface area contributed by atoms with Gasteiger partial charge in [-0.05, 0) is 49.9 Å². The Morgan fingerprint density at radius 2 is 1.76 bits per heavy atom. The molecule has 2 aromatic carbocycles. The van der Waals surface area contributed by atoms with E-state index in [1.165, 1.54) is 16.7 Å². The summed E-state index contributed by atoms with van der Waals surface area (Å²) in [4.78, 5) is 14.8. The fraction of sp³-hybridized carbons (Fsp3) is 0.316. The van der Waals surface area contributed by atoms with Crippen LogP contribution in [-0.2, 0) is 0 Å². The first-order valence-corrected chi connectivity index (χ1v) is 7.60. The second-order valence-electron chi connectivity index (χ2n) is 5.88. The van der Waals surface area contributed by atoms with E-state index >= 15 is 0 Å². The van der Waals surface area contributed by atoms with E-state index in [0.717, 1.165) is 24.9 Å². The molecule has 1 atom stereocenters. The Labute approximate surface area is 126 Å². The quantitative estimate of drug-likeness (QED) is 0.803. The van der Waals surface area contributed by atoms with Crippen molar-refractivity contribution >= 4 is 5.91 Å². The molecule has 108 valence electrons. The second-order valence-corrected chi connectivity index (χ2v) is 5.88. The first-order chi connectivity index (χ1) is 10.2. The standard InChI is InChI=1S/C19H21NO/c1-14-9-11-16(12-10-14)19(21)20-13-5-8-18(20)17-7-4-3-6-15(17)2/h3-4,6-7,9-12,18H,5,8,13H2,1-2H3. The Balaban J connectivity index is 1.89. The van der Waals surface area contributed by atoms with Crippen molar-refractivity contribution in [1.82, 2.24) is 4.90 Å². The van der Waals surface area contributed by atoms with E-state index in [0.29, 0.717) is 0 Å². The Morgan fingerprint density at radius 1 is 1.05 bits per heavy atom. The van der Waals surface area contributed by atoms with Crippen LogP contribution in [0.2, 0.25) is 0 Å². The molecular weight excluding hydrogens is 258 g/mol. The zero-order valence-electron chi connectivity index (χ0n) is 12.7. The third kappa shape index (κ3) is 2.71. The molecule has 1 aliphatic heterocycles. The van der Waals surface area contributed by atoms with Gasteiger partial charge in [0.15, 0.2) is 0 Å². The molecule has 0 bridgehead atoms. The molecule has 1 unspecified atom stereocenters. The first kappa shape index (κ1) is 13.9. The molecule has 21 heavy (non-hydrogen) atoms. The molecule has 1 fully saturated rings. The minimum atomic E-state index is 0.153. The van der Waals surface area contributed by atoms with Crippen LogP contribution in [0.4, 0.5) is 0 Å². The maximum Gasteiger partial charge on any atom is 0.254 e. The first-order valence-electron chi connectivity index (χ1n) is 7.60. The van der Waals surface area contributed by atoms with Gasteiger partial charge in [-0.15, -0.1) is 0 Å². The van der Waals surface area contributed by atoms with Crippen molar-refractivity contribution in [3.8, 4) is 0 Å². The lowest BCUT2D eigenvalue weighted by Gasteiger charge is -2.26. The van der Waals surface area contributed by atoms with Gasteiger partial charge in [-0.3, -0.25) is 4.79 Å². The van der Waals surface area contributed by atoms with Crippen LogP contribution in [0.5, 0.6) is 0 Å². The second kappa shape index (κ2) is 5.72. The number of amides is 1. The van der Waals surface area contributed by atoms with Crippen molar-refractivity contribution in [1.29, 1.82) is 0 Å². The molecule has 1 amide bonds. The number of carbonyl (C=O) groups is 1. The molecule has 2 aromatic rings. The lowest BCUT2D eigenvalue weighted by atomic mass is 9.99. The fourth-order valence-electron chi connectivity index (χ4n) is 3.16. The fourth-order valence-corrected chi connectivity index (χ4v) is 3.16. The lowest BCUT2D eigenvalue weighted by molar-refractivity contribution is 0.0735. The van der Waals surface area contributed by atoms with Gasteiger partial charge in [-0.1, -0.05) is 42.0 Å². The Kier molecular flexibility index (Phi) is 3.78. The summed E-state index contributed by atoms with van der Waals surface area (Å²) in [5.74, 6) is 0.153. The Morgan fingerprint density at radius 3 is 2.48 bits per heavy atom. The van der Waals surface area contributed by atoms with E-state index in [9.17, 15) is 4.79 Å². The summed E-state index contributed by atoms with van der Waals surface area (Å²) in [6.45, 7) is 5.02. The van der Waals surface area contributed by atoms with E-state index in [2.05, 4.69) is 31.2 Å². The maximum atomic E-state index is 12.8. The van der Waals surface area contributed by atoms with Crippen molar-refractivity contribution in [2.45, 2.75) is 32.7 Å². The van der Waals surface area contributed by atoms with Gasteiger partial charge in [0.1, 0.15) is 0 Å². The normalized spacial score (nSPS) is 18.0. The van der Waals surface area contributed by atoms with E-state index < -0.39 is 0 Å². The number of rotatable bonds is 2. The monoisotopic (exact) mass is 279 g/mol. The van der Waals surface area contributed by atoms with E-state index in [1.54, 1.807) is 0 Å². The predicted octanol–water partition coefficient (Wildman–Crippen LogP) is 4.28. The van der Waals surface area contributed by atoms with Crippen LogP contribution in [0.3, 0.4) is 0 Å². The molecule has 1 saturated heterocycles. The SMILES string of the molecule is Cc1ccc(C(=O)N2CCCC2c2ccccc2C)cc1. The molecule has 0 N–H and O–H groups in total. The predicted molar refractivity (Wildman–Crippen MR) is 85.4 cm³/mol. The van der Waals surface area contributed by atoms with Crippen LogP contribution in [0.25, 0.3) is 0 Å². The number of likely N-dealkylation sites (tertiary alicyclic amines) is 1. The van der Waals surface area contributed by atoms with Gasteiger partial charge in [0.25, 0.3) is 5.91 Å². The smallest absolute Gasteiger partial charge is 0.254 e. The van der Waals surface area contributed by atoms with E-state index in [-0.39, 0.29) is 11.9 Å². The summed E-state index contributed by atoms with van der Waals surface area (Å²) in [6.07, 6.45) is 2.14. The number of hydrogen-bond donors (Lipinski definition) is 0. The zero-order valence-corrected chi connectivity index (χ0v) is 12.7. The third-order valence-electron chi connectivity index (χ3n) is 4.36. The number of carbonyl (C=O) groups excluding carboxylic acids is 1. The largest absolute Gasteiger partial charge is 0.332 e. The molecule has 0 aliphatic carbocycles.